The van der Waals surface area contributed by atoms with Gasteiger partial charge in [0.1, 0.15) is 0 Å². The summed E-state index contributed by atoms with van der Waals surface area (Å²) in [6, 6.07) is 41.5. The number of allylic oxidation sites excluding steroid dienone is 2. The number of benzene rings is 5. The van der Waals surface area contributed by atoms with E-state index in [9.17, 15) is 0 Å². The molecule has 0 fully saturated rings. The van der Waals surface area contributed by atoms with Crippen LogP contribution in [0.3, 0.4) is 0 Å². The highest BCUT2D eigenvalue weighted by Crippen LogP contribution is 2.43. The molecule has 210 valence electrons. The quantitative estimate of drug-likeness (QED) is 0.220. The molecule has 1 N–H and O–H groups in total. The molecular weight excluding hydrogens is 555 g/mol. The SMILES string of the molecule is C1=CC(C2C=C(c3ccccc3)N=C(n3c4cc(-c5ccccc5)ccc4c4c5sc6ccccc6c5ccc43)N2)=CCC1. The van der Waals surface area contributed by atoms with Crippen LogP contribution in [-0.2, 0) is 0 Å². The average Bonchev–Trinajstić information content (AvgIpc) is 3.64. The van der Waals surface area contributed by atoms with E-state index >= 15 is 0 Å². The van der Waals surface area contributed by atoms with Crippen LogP contribution in [0.15, 0.2) is 150 Å². The van der Waals surface area contributed by atoms with Crippen molar-refractivity contribution in [3.05, 3.63) is 151 Å². The number of rotatable bonds is 3. The van der Waals surface area contributed by atoms with E-state index in [4.69, 9.17) is 4.99 Å². The molecule has 5 aromatic carbocycles. The van der Waals surface area contributed by atoms with Crippen molar-refractivity contribution in [2.24, 2.45) is 4.99 Å². The average molecular weight is 584 g/mol. The largest absolute Gasteiger partial charge is 0.345 e. The predicted octanol–water partition coefficient (Wildman–Crippen LogP) is 10.3. The van der Waals surface area contributed by atoms with Gasteiger partial charge in [0.25, 0.3) is 0 Å². The van der Waals surface area contributed by atoms with E-state index in [1.807, 2.05) is 11.3 Å². The van der Waals surface area contributed by atoms with Crippen LogP contribution in [0.5, 0.6) is 0 Å². The van der Waals surface area contributed by atoms with Gasteiger partial charge in [-0.25, -0.2) is 4.99 Å². The van der Waals surface area contributed by atoms with Crippen molar-refractivity contribution in [2.75, 3.05) is 0 Å². The number of aromatic nitrogens is 1. The van der Waals surface area contributed by atoms with Crippen molar-refractivity contribution >= 4 is 65.0 Å². The summed E-state index contributed by atoms with van der Waals surface area (Å²) >= 11 is 1.88. The lowest BCUT2D eigenvalue weighted by Gasteiger charge is -2.27. The summed E-state index contributed by atoms with van der Waals surface area (Å²) in [6.07, 6.45) is 11.3. The third-order valence-corrected chi connectivity index (χ3v) is 10.1. The minimum Gasteiger partial charge on any atom is -0.345 e. The first-order valence-corrected chi connectivity index (χ1v) is 16.1. The van der Waals surface area contributed by atoms with E-state index in [2.05, 4.69) is 149 Å². The zero-order valence-electron chi connectivity index (χ0n) is 24.1. The molecular formula is C40H29N3S. The summed E-state index contributed by atoms with van der Waals surface area (Å²) < 4.78 is 5.00. The zero-order valence-corrected chi connectivity index (χ0v) is 24.9. The Labute approximate surface area is 259 Å². The number of hydrogen-bond acceptors (Lipinski definition) is 3. The second-order valence-corrected chi connectivity index (χ2v) is 12.6. The predicted molar refractivity (Wildman–Crippen MR) is 188 cm³/mol. The maximum atomic E-state index is 5.35. The smallest absolute Gasteiger partial charge is 0.209 e. The Morgan fingerprint density at radius 3 is 2.27 bits per heavy atom. The van der Waals surface area contributed by atoms with E-state index in [0.29, 0.717) is 0 Å². The molecule has 0 spiro atoms. The maximum absolute atomic E-state index is 5.35. The Morgan fingerprint density at radius 1 is 0.682 bits per heavy atom. The summed E-state index contributed by atoms with van der Waals surface area (Å²) in [4.78, 5) is 5.35. The summed E-state index contributed by atoms with van der Waals surface area (Å²) in [6.45, 7) is 0. The standard InChI is InChI=1S/C40H29N3S/c1-4-12-26(13-5-1)29-20-21-32-36(24-29)43(35-23-22-31-30-18-10-11-19-37(30)44-39(31)38(32)35)40-41-33(27-14-6-2-7-15-27)25-34(42-40)28-16-8-3-9-17-28/h1-2,4-8,10-25,34H,3,9H2,(H,41,42). The lowest BCUT2D eigenvalue weighted by molar-refractivity contribution is 0.798. The van der Waals surface area contributed by atoms with E-state index < -0.39 is 0 Å². The molecule has 7 aromatic rings. The Hall–Kier alpha value is -5.19. The summed E-state index contributed by atoms with van der Waals surface area (Å²) in [7, 11) is 0. The monoisotopic (exact) mass is 583 g/mol. The molecule has 0 saturated carbocycles. The Kier molecular flexibility index (Phi) is 5.88. The van der Waals surface area contributed by atoms with Crippen LogP contribution in [0, 0.1) is 0 Å². The molecule has 0 saturated heterocycles. The number of thiophene rings is 1. The normalized spacial score (nSPS) is 16.7. The number of fused-ring (bicyclic) bond motifs is 7. The number of hydrogen-bond donors (Lipinski definition) is 1. The summed E-state index contributed by atoms with van der Waals surface area (Å²) in [5.74, 6) is 0.849. The van der Waals surface area contributed by atoms with Gasteiger partial charge >= 0.3 is 0 Å². The van der Waals surface area contributed by atoms with Gasteiger partial charge in [0, 0.05) is 36.5 Å². The molecule has 9 rings (SSSR count). The molecule has 4 heteroatoms. The molecule has 3 nitrogen and oxygen atoms in total. The van der Waals surface area contributed by atoms with Crippen molar-refractivity contribution in [2.45, 2.75) is 18.9 Å². The van der Waals surface area contributed by atoms with E-state index in [0.717, 1.165) is 41.1 Å². The molecule has 2 aliphatic rings. The van der Waals surface area contributed by atoms with Crippen molar-refractivity contribution < 1.29 is 0 Å². The van der Waals surface area contributed by atoms with Gasteiger partial charge in [-0.15, -0.1) is 11.3 Å². The van der Waals surface area contributed by atoms with Crippen molar-refractivity contribution in [3.8, 4) is 11.1 Å². The van der Waals surface area contributed by atoms with Gasteiger partial charge in [-0.1, -0.05) is 115 Å². The topological polar surface area (TPSA) is 29.3 Å². The highest BCUT2D eigenvalue weighted by molar-refractivity contribution is 7.26. The van der Waals surface area contributed by atoms with Gasteiger partial charge in [-0.3, -0.25) is 4.57 Å². The lowest BCUT2D eigenvalue weighted by atomic mass is 9.97. The van der Waals surface area contributed by atoms with Crippen LogP contribution in [0.2, 0.25) is 0 Å². The Morgan fingerprint density at radius 2 is 1.45 bits per heavy atom. The molecule has 1 aliphatic heterocycles. The fourth-order valence-corrected chi connectivity index (χ4v) is 8.03. The fraction of sp³-hybridized carbons (Fsp3) is 0.0750. The summed E-state index contributed by atoms with van der Waals surface area (Å²) in [5.41, 5.74) is 8.11. The van der Waals surface area contributed by atoms with Crippen LogP contribution in [0.25, 0.3) is 58.8 Å². The second kappa shape index (κ2) is 10.2. The Balaban J connectivity index is 1.34. The molecule has 0 amide bonds. The molecule has 2 aromatic heterocycles. The number of nitrogens with one attached hydrogen (secondary N) is 1. The van der Waals surface area contributed by atoms with Crippen molar-refractivity contribution in [3.63, 3.8) is 0 Å². The third-order valence-electron chi connectivity index (χ3n) is 8.88. The molecule has 0 radical (unpaired) electrons. The second-order valence-electron chi connectivity index (χ2n) is 11.5. The molecule has 3 heterocycles. The fourth-order valence-electron chi connectivity index (χ4n) is 6.77. The van der Waals surface area contributed by atoms with Crippen LogP contribution < -0.4 is 5.32 Å². The maximum Gasteiger partial charge on any atom is 0.209 e. The van der Waals surface area contributed by atoms with Gasteiger partial charge in [0.15, 0.2) is 0 Å². The molecule has 1 atom stereocenters. The van der Waals surface area contributed by atoms with Crippen molar-refractivity contribution in [1.82, 2.24) is 9.88 Å². The minimum atomic E-state index is 0.0205. The van der Waals surface area contributed by atoms with Gasteiger partial charge in [-0.05, 0) is 53.8 Å². The highest BCUT2D eigenvalue weighted by atomic mass is 32.1. The molecule has 44 heavy (non-hydrogen) atoms. The highest BCUT2D eigenvalue weighted by Gasteiger charge is 2.25. The molecule has 0 bridgehead atoms. The van der Waals surface area contributed by atoms with Crippen LogP contribution in [0.1, 0.15) is 18.4 Å². The summed E-state index contributed by atoms with van der Waals surface area (Å²) in [5, 5.41) is 9.01. The van der Waals surface area contributed by atoms with E-state index in [1.54, 1.807) is 0 Å². The Bertz CT molecular complexity index is 2350. The third kappa shape index (κ3) is 4.06. The number of nitrogens with zero attached hydrogens (tertiary/aromatic N) is 2. The van der Waals surface area contributed by atoms with Gasteiger partial charge in [0.05, 0.1) is 22.8 Å². The van der Waals surface area contributed by atoms with Crippen LogP contribution in [0.4, 0.5) is 0 Å². The van der Waals surface area contributed by atoms with Crippen LogP contribution >= 0.6 is 11.3 Å². The first-order chi connectivity index (χ1) is 21.8. The van der Waals surface area contributed by atoms with Gasteiger partial charge in [0.2, 0.25) is 5.96 Å². The van der Waals surface area contributed by atoms with Gasteiger partial charge < -0.3 is 5.32 Å². The molecule has 1 aliphatic carbocycles. The van der Waals surface area contributed by atoms with Crippen molar-refractivity contribution in [1.29, 1.82) is 0 Å². The molecule has 1 unspecified atom stereocenters. The first kappa shape index (κ1) is 25.3. The zero-order chi connectivity index (χ0) is 29.0. The lowest BCUT2D eigenvalue weighted by Crippen LogP contribution is -2.41. The number of aliphatic imine (C=N–C) groups is 1. The minimum absolute atomic E-state index is 0.0205. The van der Waals surface area contributed by atoms with Gasteiger partial charge in [-0.2, -0.15) is 0 Å². The van der Waals surface area contributed by atoms with Crippen LogP contribution in [-0.4, -0.2) is 16.6 Å². The van der Waals surface area contributed by atoms with E-state index in [-0.39, 0.29) is 6.04 Å². The first-order valence-electron chi connectivity index (χ1n) is 15.3. The van der Waals surface area contributed by atoms with E-state index in [1.165, 1.54) is 47.6 Å².